The minimum absolute atomic E-state index is 0.0142. The van der Waals surface area contributed by atoms with Crippen molar-refractivity contribution in [3.63, 3.8) is 0 Å². The quantitative estimate of drug-likeness (QED) is 0.539. The second kappa shape index (κ2) is 9.00. The van der Waals surface area contributed by atoms with Crippen LogP contribution in [-0.4, -0.2) is 74.0 Å². The number of aromatic nitrogens is 3. The molecule has 2 aliphatic rings. The molecular formula is C19H22ClF3N4O5. The number of hydrogen-bond donors (Lipinski definition) is 3. The fraction of sp³-hybridized carbons (Fsp3) is 0.632. The topological polar surface area (TPSA) is 118 Å². The number of aliphatic hydroxyl groups is 2. The molecule has 32 heavy (non-hydrogen) atoms. The Morgan fingerprint density at radius 3 is 2.62 bits per heavy atom. The third-order valence-electron chi connectivity index (χ3n) is 5.74. The van der Waals surface area contributed by atoms with Crippen molar-refractivity contribution in [2.75, 3.05) is 11.9 Å². The number of ether oxygens (including phenoxy) is 2. The maximum atomic E-state index is 12.3. The highest BCUT2D eigenvalue weighted by atomic mass is 35.5. The SMILES string of the molecule is O=C(OC[C@H]1O[C@@H](Cc2ccc3c(NC4CCCC4)nc(Cl)nn23)[C@H](O)[C@@H]1O)C(F)(F)F. The third kappa shape index (κ3) is 4.77. The van der Waals surface area contributed by atoms with Crippen LogP contribution >= 0.6 is 11.6 Å². The fourth-order valence-corrected chi connectivity index (χ4v) is 4.28. The molecule has 0 spiro atoms. The van der Waals surface area contributed by atoms with Crippen LogP contribution in [0.2, 0.25) is 5.28 Å². The van der Waals surface area contributed by atoms with E-state index in [9.17, 15) is 28.2 Å². The van der Waals surface area contributed by atoms with Gasteiger partial charge in [0.25, 0.3) is 0 Å². The summed E-state index contributed by atoms with van der Waals surface area (Å²) in [5.74, 6) is -1.81. The van der Waals surface area contributed by atoms with Crippen LogP contribution in [0.1, 0.15) is 31.4 Å². The number of alkyl halides is 3. The molecule has 0 unspecified atom stereocenters. The summed E-state index contributed by atoms with van der Waals surface area (Å²) in [5, 5.41) is 28.0. The lowest BCUT2D eigenvalue weighted by Crippen LogP contribution is -2.36. The second-order valence-corrected chi connectivity index (χ2v) is 8.31. The average Bonchev–Trinajstić information content (AvgIpc) is 3.43. The average molecular weight is 479 g/mol. The smallest absolute Gasteiger partial charge is 0.456 e. The highest BCUT2D eigenvalue weighted by Gasteiger charge is 2.46. The van der Waals surface area contributed by atoms with E-state index in [-0.39, 0.29) is 11.7 Å². The van der Waals surface area contributed by atoms with Crippen molar-refractivity contribution in [2.45, 2.75) is 68.7 Å². The van der Waals surface area contributed by atoms with Crippen molar-refractivity contribution in [2.24, 2.45) is 0 Å². The first-order chi connectivity index (χ1) is 15.1. The van der Waals surface area contributed by atoms with Gasteiger partial charge < -0.3 is 25.0 Å². The van der Waals surface area contributed by atoms with Crippen molar-refractivity contribution in [1.29, 1.82) is 0 Å². The van der Waals surface area contributed by atoms with Crippen LogP contribution in [0.5, 0.6) is 0 Å². The summed E-state index contributed by atoms with van der Waals surface area (Å²) >= 11 is 6.09. The molecule has 4 atom stereocenters. The Labute approximate surface area is 185 Å². The van der Waals surface area contributed by atoms with Crippen molar-refractivity contribution >= 4 is 28.9 Å². The number of halogens is 4. The van der Waals surface area contributed by atoms with E-state index in [1.807, 2.05) is 0 Å². The molecule has 4 rings (SSSR count). The predicted molar refractivity (Wildman–Crippen MR) is 105 cm³/mol. The number of hydrogen-bond acceptors (Lipinski definition) is 8. The van der Waals surface area contributed by atoms with Crippen molar-refractivity contribution in [1.82, 2.24) is 14.6 Å². The van der Waals surface area contributed by atoms with E-state index in [1.54, 1.807) is 16.6 Å². The van der Waals surface area contributed by atoms with E-state index in [0.29, 0.717) is 23.1 Å². The van der Waals surface area contributed by atoms with Gasteiger partial charge in [0.15, 0.2) is 5.82 Å². The molecule has 0 bridgehead atoms. The van der Waals surface area contributed by atoms with Gasteiger partial charge >= 0.3 is 12.1 Å². The monoisotopic (exact) mass is 478 g/mol. The van der Waals surface area contributed by atoms with Gasteiger partial charge in [0.2, 0.25) is 5.28 Å². The number of esters is 1. The molecule has 3 heterocycles. The number of anilines is 1. The lowest BCUT2D eigenvalue weighted by atomic mass is 10.0. The van der Waals surface area contributed by atoms with Gasteiger partial charge in [-0.3, -0.25) is 0 Å². The second-order valence-electron chi connectivity index (χ2n) is 7.97. The van der Waals surface area contributed by atoms with Crippen LogP contribution in [0.25, 0.3) is 5.52 Å². The molecule has 2 aromatic rings. The summed E-state index contributed by atoms with van der Waals surface area (Å²) in [6.45, 7) is -0.842. The van der Waals surface area contributed by atoms with Gasteiger partial charge in [0, 0.05) is 18.2 Å². The minimum atomic E-state index is -5.16. The van der Waals surface area contributed by atoms with Crippen molar-refractivity contribution in [3.05, 3.63) is 23.1 Å². The van der Waals surface area contributed by atoms with Gasteiger partial charge in [0.1, 0.15) is 30.4 Å². The van der Waals surface area contributed by atoms with Gasteiger partial charge in [-0.05, 0) is 36.6 Å². The Hall–Kier alpha value is -2.15. The van der Waals surface area contributed by atoms with E-state index in [0.717, 1.165) is 25.7 Å². The molecule has 1 saturated heterocycles. The maximum absolute atomic E-state index is 12.3. The number of nitrogens with one attached hydrogen (secondary N) is 1. The lowest BCUT2D eigenvalue weighted by molar-refractivity contribution is -0.203. The molecule has 0 amide bonds. The summed E-state index contributed by atoms with van der Waals surface area (Å²) < 4.78 is 48.1. The summed E-state index contributed by atoms with van der Waals surface area (Å²) in [5.41, 5.74) is 1.25. The van der Waals surface area contributed by atoms with Crippen LogP contribution in [0.3, 0.4) is 0 Å². The predicted octanol–water partition coefficient (Wildman–Crippen LogP) is 1.87. The standard InChI is InChI=1S/C19H22ClF3N4O5/c20-18-25-16(24-9-3-1-2-4-9)11-6-5-10(27(11)26-18)7-12-14(28)15(29)13(32-12)8-31-17(30)19(21,22)23/h5-6,9,12-15,28-29H,1-4,7-8H2,(H,24,25,26)/t12-,13+,14-,15+/m0/s1. The normalized spacial score (nSPS) is 26.7. The zero-order chi connectivity index (χ0) is 23.0. The first-order valence-electron chi connectivity index (χ1n) is 10.2. The van der Waals surface area contributed by atoms with Gasteiger partial charge in [-0.1, -0.05) is 12.8 Å². The molecular weight excluding hydrogens is 457 g/mol. The van der Waals surface area contributed by atoms with Crippen LogP contribution < -0.4 is 5.32 Å². The maximum Gasteiger partial charge on any atom is 0.490 e. The van der Waals surface area contributed by atoms with E-state index in [2.05, 4.69) is 20.1 Å². The Balaban J connectivity index is 1.47. The summed E-state index contributed by atoms with van der Waals surface area (Å²) in [6, 6.07) is 3.81. The molecule has 1 aliphatic heterocycles. The molecule has 9 nitrogen and oxygen atoms in total. The number of nitrogens with zero attached hydrogens (tertiary/aromatic N) is 3. The Morgan fingerprint density at radius 1 is 1.25 bits per heavy atom. The summed E-state index contributed by atoms with van der Waals surface area (Å²) in [4.78, 5) is 15.2. The van der Waals surface area contributed by atoms with E-state index in [1.165, 1.54) is 0 Å². The van der Waals surface area contributed by atoms with Gasteiger partial charge in [-0.2, -0.15) is 18.2 Å². The molecule has 0 radical (unpaired) electrons. The molecule has 13 heteroatoms. The fourth-order valence-electron chi connectivity index (χ4n) is 4.12. The third-order valence-corrected chi connectivity index (χ3v) is 5.90. The highest BCUT2D eigenvalue weighted by Crippen LogP contribution is 2.29. The van der Waals surface area contributed by atoms with Crippen molar-refractivity contribution in [3.8, 4) is 0 Å². The van der Waals surface area contributed by atoms with E-state index < -0.39 is 43.2 Å². The minimum Gasteiger partial charge on any atom is -0.456 e. The highest BCUT2D eigenvalue weighted by molar-refractivity contribution is 6.28. The Kier molecular flexibility index (Phi) is 6.48. The molecule has 2 aromatic heterocycles. The lowest BCUT2D eigenvalue weighted by Gasteiger charge is -2.16. The summed E-state index contributed by atoms with van der Waals surface area (Å²) in [7, 11) is 0. The molecule has 2 fully saturated rings. The van der Waals surface area contributed by atoms with Gasteiger partial charge in [-0.25, -0.2) is 9.31 Å². The van der Waals surface area contributed by atoms with Crippen LogP contribution in [0.15, 0.2) is 12.1 Å². The van der Waals surface area contributed by atoms with Crippen LogP contribution in [-0.2, 0) is 20.7 Å². The van der Waals surface area contributed by atoms with Gasteiger partial charge in [-0.15, -0.1) is 5.10 Å². The first kappa shape index (κ1) is 23.0. The zero-order valence-electron chi connectivity index (χ0n) is 16.8. The van der Waals surface area contributed by atoms with Gasteiger partial charge in [0.05, 0.1) is 6.10 Å². The van der Waals surface area contributed by atoms with Crippen LogP contribution in [0.4, 0.5) is 19.0 Å². The molecule has 0 aromatic carbocycles. The number of fused-ring (bicyclic) bond motifs is 1. The van der Waals surface area contributed by atoms with Crippen molar-refractivity contribution < 1.29 is 37.7 Å². The first-order valence-corrected chi connectivity index (χ1v) is 10.6. The Morgan fingerprint density at radius 2 is 1.94 bits per heavy atom. The van der Waals surface area contributed by atoms with E-state index >= 15 is 0 Å². The number of rotatable bonds is 6. The Bertz CT molecular complexity index is 982. The largest absolute Gasteiger partial charge is 0.490 e. The number of aliphatic hydroxyl groups excluding tert-OH is 2. The summed E-state index contributed by atoms with van der Waals surface area (Å²) in [6.07, 6.45) is -5.93. The van der Waals surface area contributed by atoms with E-state index in [4.69, 9.17) is 16.3 Å². The zero-order valence-corrected chi connectivity index (χ0v) is 17.5. The molecule has 1 aliphatic carbocycles. The number of carbonyl (C=O) groups is 1. The molecule has 3 N–H and O–H groups in total. The van der Waals surface area contributed by atoms with Crippen LogP contribution in [0, 0.1) is 0 Å². The molecule has 176 valence electrons. The number of carbonyl (C=O) groups excluding carboxylic acids is 1. The molecule has 1 saturated carbocycles.